The van der Waals surface area contributed by atoms with Crippen LogP contribution in [0.1, 0.15) is 12.5 Å². The molecule has 10 heteroatoms. The summed E-state index contributed by atoms with van der Waals surface area (Å²) in [6, 6.07) is 8.96. The van der Waals surface area contributed by atoms with Gasteiger partial charge in [0.05, 0.1) is 13.7 Å². The predicted octanol–water partition coefficient (Wildman–Crippen LogP) is 4.64. The number of hydrogen-bond acceptors (Lipinski definition) is 4. The first-order chi connectivity index (χ1) is 13.5. The van der Waals surface area contributed by atoms with E-state index in [4.69, 9.17) is 9.47 Å². The maximum atomic E-state index is 14.0. The van der Waals surface area contributed by atoms with Gasteiger partial charge in [-0.2, -0.15) is 8.78 Å². The van der Waals surface area contributed by atoms with Gasteiger partial charge in [-0.1, -0.05) is 6.07 Å². The van der Waals surface area contributed by atoms with E-state index in [1.807, 2.05) is 6.92 Å². The zero-order chi connectivity index (χ0) is 20.5. The number of anilines is 1. The molecule has 2 N–H and O–H groups in total. The van der Waals surface area contributed by atoms with Gasteiger partial charge < -0.3 is 24.8 Å². The van der Waals surface area contributed by atoms with Gasteiger partial charge in [-0.05, 0) is 31.2 Å². The summed E-state index contributed by atoms with van der Waals surface area (Å²) in [5, 5.41) is 5.89. The van der Waals surface area contributed by atoms with Crippen LogP contribution in [0.5, 0.6) is 17.2 Å². The van der Waals surface area contributed by atoms with Crippen LogP contribution < -0.4 is 24.8 Å². The van der Waals surface area contributed by atoms with E-state index < -0.39 is 12.4 Å². The highest BCUT2D eigenvalue weighted by Gasteiger charge is 2.14. The fourth-order valence-electron chi connectivity index (χ4n) is 2.43. The monoisotopic (exact) mass is 525 g/mol. The molecule has 0 saturated heterocycles. The molecule has 0 aliphatic carbocycles. The van der Waals surface area contributed by atoms with E-state index in [-0.39, 0.29) is 41.8 Å². The molecule has 0 bridgehead atoms. The van der Waals surface area contributed by atoms with Crippen molar-refractivity contribution in [3.05, 3.63) is 47.8 Å². The Kier molecular flexibility index (Phi) is 10.4. The molecule has 160 valence electrons. The maximum Gasteiger partial charge on any atom is 0.387 e. The van der Waals surface area contributed by atoms with Crippen molar-refractivity contribution in [3.63, 3.8) is 0 Å². The molecule has 0 unspecified atom stereocenters. The number of aliphatic imine (C=N–C) groups is 1. The number of benzene rings is 2. The minimum Gasteiger partial charge on any atom is -0.493 e. The van der Waals surface area contributed by atoms with E-state index in [0.717, 1.165) is 0 Å². The molecule has 0 atom stereocenters. The SMILES string of the molecule is CCOc1cc(NC(=NC)NCc2c(F)cccc2OC(F)F)ccc1OC.I. The molecule has 0 spiro atoms. The predicted molar refractivity (Wildman–Crippen MR) is 116 cm³/mol. The third kappa shape index (κ3) is 7.18. The van der Waals surface area contributed by atoms with Crippen LogP contribution in [0.3, 0.4) is 0 Å². The molecule has 2 aromatic carbocycles. The van der Waals surface area contributed by atoms with E-state index in [1.54, 1.807) is 25.3 Å². The van der Waals surface area contributed by atoms with Crippen molar-refractivity contribution in [2.45, 2.75) is 20.1 Å². The largest absolute Gasteiger partial charge is 0.493 e. The van der Waals surface area contributed by atoms with Gasteiger partial charge in [-0.25, -0.2) is 4.39 Å². The number of hydrogen-bond donors (Lipinski definition) is 2. The van der Waals surface area contributed by atoms with E-state index >= 15 is 0 Å². The van der Waals surface area contributed by atoms with Gasteiger partial charge in [-0.15, -0.1) is 24.0 Å². The third-order valence-corrected chi connectivity index (χ3v) is 3.67. The Morgan fingerprint density at radius 2 is 1.90 bits per heavy atom. The molecular weight excluding hydrogens is 502 g/mol. The molecule has 0 amide bonds. The smallest absolute Gasteiger partial charge is 0.387 e. The number of guanidine groups is 1. The summed E-state index contributed by atoms with van der Waals surface area (Å²) in [5.74, 6) is 0.534. The molecule has 0 aromatic heterocycles. The number of rotatable bonds is 8. The normalized spacial score (nSPS) is 10.9. The average molecular weight is 525 g/mol. The molecule has 0 fully saturated rings. The molecule has 0 aliphatic rings. The van der Waals surface area contributed by atoms with E-state index in [0.29, 0.717) is 29.8 Å². The Morgan fingerprint density at radius 3 is 2.52 bits per heavy atom. The van der Waals surface area contributed by atoms with Crippen LogP contribution in [-0.4, -0.2) is 33.3 Å². The number of nitrogens with one attached hydrogen (secondary N) is 2. The Bertz CT molecular complexity index is 823. The summed E-state index contributed by atoms with van der Waals surface area (Å²) in [6.07, 6.45) is 0. The van der Waals surface area contributed by atoms with Crippen molar-refractivity contribution in [3.8, 4) is 17.2 Å². The van der Waals surface area contributed by atoms with Gasteiger partial charge in [0.25, 0.3) is 0 Å². The van der Waals surface area contributed by atoms with E-state index in [9.17, 15) is 13.2 Å². The van der Waals surface area contributed by atoms with Crippen LogP contribution >= 0.6 is 24.0 Å². The zero-order valence-corrected chi connectivity index (χ0v) is 18.5. The van der Waals surface area contributed by atoms with E-state index in [2.05, 4.69) is 20.4 Å². The first kappa shape index (κ1) is 24.7. The molecule has 0 radical (unpaired) electrons. The van der Waals surface area contributed by atoms with Crippen LogP contribution in [-0.2, 0) is 6.54 Å². The number of ether oxygens (including phenoxy) is 3. The highest BCUT2D eigenvalue weighted by atomic mass is 127. The lowest BCUT2D eigenvalue weighted by Gasteiger charge is -2.16. The van der Waals surface area contributed by atoms with Crippen molar-refractivity contribution in [2.24, 2.45) is 4.99 Å². The summed E-state index contributed by atoms with van der Waals surface area (Å²) < 4.78 is 54.2. The molecule has 0 heterocycles. The summed E-state index contributed by atoms with van der Waals surface area (Å²) >= 11 is 0. The average Bonchev–Trinajstić information content (AvgIpc) is 2.66. The summed E-state index contributed by atoms with van der Waals surface area (Å²) in [4.78, 5) is 4.05. The second kappa shape index (κ2) is 12.2. The van der Waals surface area contributed by atoms with Gasteiger partial charge in [-0.3, -0.25) is 4.99 Å². The van der Waals surface area contributed by atoms with Crippen LogP contribution in [0.4, 0.5) is 18.9 Å². The Hall–Kier alpha value is -2.37. The van der Waals surface area contributed by atoms with Crippen LogP contribution in [0.15, 0.2) is 41.4 Å². The van der Waals surface area contributed by atoms with Gasteiger partial charge >= 0.3 is 6.61 Å². The van der Waals surface area contributed by atoms with Gasteiger partial charge in [0.1, 0.15) is 11.6 Å². The first-order valence-electron chi connectivity index (χ1n) is 8.49. The minimum absolute atomic E-state index is 0. The second-order valence-electron chi connectivity index (χ2n) is 5.44. The lowest BCUT2D eigenvalue weighted by molar-refractivity contribution is -0.0506. The Labute approximate surface area is 184 Å². The molecule has 29 heavy (non-hydrogen) atoms. The third-order valence-electron chi connectivity index (χ3n) is 3.67. The summed E-state index contributed by atoms with van der Waals surface area (Å²) in [6.45, 7) is -0.835. The van der Waals surface area contributed by atoms with Crippen molar-refractivity contribution >= 4 is 35.6 Å². The van der Waals surface area contributed by atoms with Crippen LogP contribution in [0.25, 0.3) is 0 Å². The highest BCUT2D eigenvalue weighted by molar-refractivity contribution is 14.0. The molecular formula is C19H23F3IN3O3. The quantitative estimate of drug-likeness (QED) is 0.299. The molecule has 6 nitrogen and oxygen atoms in total. The van der Waals surface area contributed by atoms with E-state index in [1.165, 1.54) is 25.2 Å². The zero-order valence-electron chi connectivity index (χ0n) is 16.2. The van der Waals surface area contributed by atoms with Crippen molar-refractivity contribution in [1.82, 2.24) is 5.32 Å². The Balaban J connectivity index is 0.00000420. The minimum atomic E-state index is -3.05. The lowest BCUT2D eigenvalue weighted by Crippen LogP contribution is -2.30. The van der Waals surface area contributed by atoms with Crippen molar-refractivity contribution in [1.29, 1.82) is 0 Å². The first-order valence-corrected chi connectivity index (χ1v) is 8.49. The molecule has 2 rings (SSSR count). The van der Waals surface area contributed by atoms with Crippen molar-refractivity contribution in [2.75, 3.05) is 26.1 Å². The van der Waals surface area contributed by atoms with Crippen LogP contribution in [0.2, 0.25) is 0 Å². The Morgan fingerprint density at radius 1 is 1.14 bits per heavy atom. The molecule has 0 aliphatic heterocycles. The summed E-state index contributed by atoms with van der Waals surface area (Å²) in [7, 11) is 3.07. The topological polar surface area (TPSA) is 64.1 Å². The van der Waals surface area contributed by atoms with Gasteiger partial charge in [0, 0.05) is 30.9 Å². The fraction of sp³-hybridized carbons (Fsp3) is 0.316. The highest BCUT2D eigenvalue weighted by Crippen LogP contribution is 2.30. The lowest BCUT2D eigenvalue weighted by atomic mass is 10.2. The van der Waals surface area contributed by atoms with Gasteiger partial charge in [0.15, 0.2) is 17.5 Å². The molecule has 0 saturated carbocycles. The maximum absolute atomic E-state index is 14.0. The number of methoxy groups -OCH3 is 1. The van der Waals surface area contributed by atoms with Crippen molar-refractivity contribution < 1.29 is 27.4 Å². The number of halogens is 4. The van der Waals surface area contributed by atoms with Crippen LogP contribution in [0, 0.1) is 5.82 Å². The van der Waals surface area contributed by atoms with Gasteiger partial charge in [0.2, 0.25) is 0 Å². The number of alkyl halides is 2. The molecule has 2 aromatic rings. The fourth-order valence-corrected chi connectivity index (χ4v) is 2.43. The second-order valence-corrected chi connectivity index (χ2v) is 5.44. The standard InChI is InChI=1S/C19H22F3N3O3.HI/c1-4-27-17-10-12(8-9-16(17)26-3)25-19(23-2)24-11-13-14(20)6-5-7-15(13)28-18(21)22;/h5-10,18H,4,11H2,1-3H3,(H2,23,24,25);1H. The number of nitrogens with zero attached hydrogens (tertiary/aromatic N) is 1. The summed E-state index contributed by atoms with van der Waals surface area (Å²) in [5.41, 5.74) is 0.616.